The number of carbonyl (C=O) groups excluding carboxylic acids is 1. The molecule has 82 valence electrons. The topological polar surface area (TPSA) is 32.7 Å². The van der Waals surface area contributed by atoms with Crippen molar-refractivity contribution in [2.24, 2.45) is 4.99 Å². The molecule has 16 heavy (non-hydrogen) atoms. The zero-order chi connectivity index (χ0) is 11.2. The quantitative estimate of drug-likeness (QED) is 0.454. The Morgan fingerprint density at radius 3 is 2.88 bits per heavy atom. The summed E-state index contributed by atoms with van der Waals surface area (Å²) in [5.74, 6) is 0.0317. The summed E-state index contributed by atoms with van der Waals surface area (Å²) < 4.78 is 1.99. The maximum atomic E-state index is 11.7. The van der Waals surface area contributed by atoms with E-state index in [1.807, 2.05) is 34.6 Å². The van der Waals surface area contributed by atoms with Crippen LogP contribution in [0.3, 0.4) is 0 Å². The molecule has 0 fully saturated rings. The lowest BCUT2D eigenvalue weighted by molar-refractivity contribution is 0.104. The molecule has 0 spiro atoms. The Bertz CT molecular complexity index is 414. The van der Waals surface area contributed by atoms with Crippen LogP contribution in [0.2, 0.25) is 0 Å². The van der Waals surface area contributed by atoms with Crippen molar-refractivity contribution < 1.29 is 4.79 Å². The van der Waals surface area contributed by atoms with Crippen molar-refractivity contribution in [1.82, 2.24) is 4.31 Å². The molecule has 0 unspecified atom stereocenters. The zero-order valence-electron chi connectivity index (χ0n) is 8.74. The molecule has 0 aliphatic carbocycles. The van der Waals surface area contributed by atoms with Gasteiger partial charge >= 0.3 is 0 Å². The van der Waals surface area contributed by atoms with E-state index in [1.54, 1.807) is 17.8 Å². The maximum absolute atomic E-state index is 11.7. The van der Waals surface area contributed by atoms with Crippen LogP contribution in [-0.4, -0.2) is 29.5 Å². The fourth-order valence-corrected chi connectivity index (χ4v) is 1.96. The molecular formula is C12H12N2OS. The second-order valence-electron chi connectivity index (χ2n) is 3.30. The van der Waals surface area contributed by atoms with E-state index in [9.17, 15) is 4.79 Å². The number of hydrogen-bond donors (Lipinski definition) is 0. The van der Waals surface area contributed by atoms with Crippen LogP contribution in [0.1, 0.15) is 10.4 Å². The van der Waals surface area contributed by atoms with Crippen LogP contribution in [-0.2, 0) is 0 Å². The molecule has 1 aromatic carbocycles. The van der Waals surface area contributed by atoms with E-state index in [0.717, 1.165) is 18.7 Å². The second kappa shape index (κ2) is 5.51. The van der Waals surface area contributed by atoms with Crippen molar-refractivity contribution in [3.05, 3.63) is 47.4 Å². The summed E-state index contributed by atoms with van der Waals surface area (Å²) in [5.41, 5.74) is 0.717. The van der Waals surface area contributed by atoms with Crippen LogP contribution in [0.5, 0.6) is 0 Å². The number of hydrogen-bond acceptors (Lipinski definition) is 4. The predicted molar refractivity (Wildman–Crippen MR) is 67.6 cm³/mol. The molecule has 0 atom stereocenters. The van der Waals surface area contributed by atoms with Crippen molar-refractivity contribution in [3.63, 3.8) is 0 Å². The third-order valence-corrected chi connectivity index (χ3v) is 2.94. The molecule has 0 radical (unpaired) electrons. The van der Waals surface area contributed by atoms with Crippen molar-refractivity contribution in [2.45, 2.75) is 0 Å². The second-order valence-corrected chi connectivity index (χ2v) is 4.25. The SMILES string of the molecule is O=C(C=CSN1C=NCC1)c1ccccc1. The van der Waals surface area contributed by atoms with Crippen molar-refractivity contribution in [1.29, 1.82) is 0 Å². The first-order valence-electron chi connectivity index (χ1n) is 5.05. The van der Waals surface area contributed by atoms with Gasteiger partial charge in [-0.2, -0.15) is 0 Å². The van der Waals surface area contributed by atoms with Crippen LogP contribution in [0.4, 0.5) is 0 Å². The minimum absolute atomic E-state index is 0.0317. The molecule has 0 N–H and O–H groups in total. The summed E-state index contributed by atoms with van der Waals surface area (Å²) >= 11 is 1.49. The predicted octanol–water partition coefficient (Wildman–Crippen LogP) is 2.38. The van der Waals surface area contributed by atoms with E-state index in [0.29, 0.717) is 0 Å². The Labute approximate surface area is 99.0 Å². The molecule has 1 heterocycles. The number of ketones is 1. The molecule has 0 saturated carbocycles. The minimum atomic E-state index is 0.0317. The number of rotatable bonds is 4. The lowest BCUT2D eigenvalue weighted by Crippen LogP contribution is -2.08. The highest BCUT2D eigenvalue weighted by atomic mass is 32.2. The van der Waals surface area contributed by atoms with Crippen LogP contribution in [0.15, 0.2) is 46.8 Å². The van der Waals surface area contributed by atoms with Crippen molar-refractivity contribution in [2.75, 3.05) is 13.1 Å². The van der Waals surface area contributed by atoms with Crippen molar-refractivity contribution in [3.8, 4) is 0 Å². The molecule has 1 aliphatic heterocycles. The Morgan fingerprint density at radius 1 is 1.38 bits per heavy atom. The standard InChI is InChI=1S/C12H12N2OS/c15-12(11-4-2-1-3-5-11)6-9-16-14-8-7-13-10-14/h1-6,9-10H,7-8H2. The Hall–Kier alpha value is -1.55. The summed E-state index contributed by atoms with van der Waals surface area (Å²) in [6.45, 7) is 1.75. The molecule has 0 saturated heterocycles. The summed E-state index contributed by atoms with van der Waals surface area (Å²) in [7, 11) is 0. The van der Waals surface area contributed by atoms with Gasteiger partial charge in [0.2, 0.25) is 0 Å². The van der Waals surface area contributed by atoms with Crippen LogP contribution < -0.4 is 0 Å². The fraction of sp³-hybridized carbons (Fsp3) is 0.167. The highest BCUT2D eigenvalue weighted by Crippen LogP contribution is 2.12. The summed E-state index contributed by atoms with van der Waals surface area (Å²) in [6, 6.07) is 9.25. The Morgan fingerprint density at radius 2 is 2.19 bits per heavy atom. The Balaban J connectivity index is 1.87. The van der Waals surface area contributed by atoms with Crippen LogP contribution >= 0.6 is 11.9 Å². The van der Waals surface area contributed by atoms with E-state index in [1.165, 1.54) is 11.9 Å². The van der Waals surface area contributed by atoms with Gasteiger partial charge in [-0.1, -0.05) is 30.3 Å². The van der Waals surface area contributed by atoms with Gasteiger partial charge in [-0.15, -0.1) is 0 Å². The van der Waals surface area contributed by atoms with E-state index in [2.05, 4.69) is 4.99 Å². The number of benzene rings is 1. The normalized spacial score (nSPS) is 14.9. The number of aliphatic imine (C=N–C) groups is 1. The molecule has 0 amide bonds. The zero-order valence-corrected chi connectivity index (χ0v) is 9.56. The largest absolute Gasteiger partial charge is 0.302 e. The van der Waals surface area contributed by atoms with Gasteiger partial charge in [0.05, 0.1) is 19.4 Å². The highest BCUT2D eigenvalue weighted by molar-refractivity contribution is 8.00. The van der Waals surface area contributed by atoms with Gasteiger partial charge in [-0.3, -0.25) is 9.79 Å². The number of nitrogens with zero attached hydrogens (tertiary/aromatic N) is 2. The molecule has 1 aromatic rings. The van der Waals surface area contributed by atoms with Gasteiger partial charge in [0.1, 0.15) is 0 Å². The van der Waals surface area contributed by atoms with Gasteiger partial charge in [0, 0.05) is 5.56 Å². The van der Waals surface area contributed by atoms with Crippen LogP contribution in [0.25, 0.3) is 0 Å². The van der Waals surface area contributed by atoms with Gasteiger partial charge in [0.25, 0.3) is 0 Å². The molecule has 4 heteroatoms. The van der Waals surface area contributed by atoms with Gasteiger partial charge in [-0.25, -0.2) is 0 Å². The Kier molecular flexibility index (Phi) is 3.77. The van der Waals surface area contributed by atoms with E-state index in [4.69, 9.17) is 0 Å². The minimum Gasteiger partial charge on any atom is -0.302 e. The molecule has 2 rings (SSSR count). The average molecular weight is 232 g/mol. The summed E-state index contributed by atoms with van der Waals surface area (Å²) in [4.78, 5) is 15.7. The first kappa shape index (κ1) is 11.0. The van der Waals surface area contributed by atoms with Crippen molar-refractivity contribution >= 4 is 24.1 Å². The molecule has 0 bridgehead atoms. The third kappa shape index (κ3) is 2.97. The fourth-order valence-electron chi connectivity index (χ4n) is 1.31. The highest BCUT2D eigenvalue weighted by Gasteiger charge is 2.04. The van der Waals surface area contributed by atoms with E-state index in [-0.39, 0.29) is 5.78 Å². The lowest BCUT2D eigenvalue weighted by Gasteiger charge is -2.07. The smallest absolute Gasteiger partial charge is 0.186 e. The summed E-state index contributed by atoms with van der Waals surface area (Å²) in [6.07, 6.45) is 3.38. The van der Waals surface area contributed by atoms with Gasteiger partial charge in [-0.05, 0) is 23.4 Å². The van der Waals surface area contributed by atoms with Gasteiger partial charge in [0.15, 0.2) is 5.78 Å². The monoisotopic (exact) mass is 232 g/mol. The molecule has 1 aliphatic rings. The van der Waals surface area contributed by atoms with Crippen LogP contribution in [0, 0.1) is 0 Å². The molecular weight excluding hydrogens is 220 g/mol. The molecule has 0 aromatic heterocycles. The average Bonchev–Trinajstić information content (AvgIpc) is 2.83. The first-order valence-corrected chi connectivity index (χ1v) is 5.89. The van der Waals surface area contributed by atoms with Gasteiger partial charge < -0.3 is 4.31 Å². The number of carbonyl (C=O) groups is 1. The summed E-state index contributed by atoms with van der Waals surface area (Å²) in [5, 5.41) is 1.80. The maximum Gasteiger partial charge on any atom is 0.186 e. The third-order valence-electron chi connectivity index (χ3n) is 2.13. The molecule has 3 nitrogen and oxygen atoms in total. The first-order chi connectivity index (χ1) is 7.86. The lowest BCUT2D eigenvalue weighted by atomic mass is 10.1. The van der Waals surface area contributed by atoms with E-state index < -0.39 is 0 Å². The number of allylic oxidation sites excluding steroid dienone is 1. The van der Waals surface area contributed by atoms with E-state index >= 15 is 0 Å².